The molecule has 3 aromatic rings. The van der Waals surface area contributed by atoms with Crippen LogP contribution in [0.25, 0.3) is 0 Å². The number of rotatable bonds is 4. The number of nitrogen functional groups attached to an aromatic ring is 2. The molecule has 206 valence electrons. The lowest BCUT2D eigenvalue weighted by Crippen LogP contribution is -2.18. The van der Waals surface area contributed by atoms with Gasteiger partial charge in [-0.15, -0.1) is 0 Å². The van der Waals surface area contributed by atoms with Gasteiger partial charge in [-0.3, -0.25) is 0 Å². The highest BCUT2D eigenvalue weighted by molar-refractivity contribution is 5.60. The molecule has 4 nitrogen and oxygen atoms in total. The van der Waals surface area contributed by atoms with Crippen molar-refractivity contribution in [1.29, 1.82) is 0 Å². The summed E-state index contributed by atoms with van der Waals surface area (Å²) in [5.74, 6) is -1.95. The van der Waals surface area contributed by atoms with Crippen molar-refractivity contribution in [1.82, 2.24) is 0 Å². The van der Waals surface area contributed by atoms with Crippen molar-refractivity contribution in [3.8, 4) is 23.0 Å². The first-order chi connectivity index (χ1) is 17.2. The first-order valence-corrected chi connectivity index (χ1v) is 9.79. The lowest BCUT2D eigenvalue weighted by molar-refractivity contribution is -0.161. The lowest BCUT2D eigenvalue weighted by atomic mass is 10.0. The van der Waals surface area contributed by atoms with E-state index in [0.29, 0.717) is 12.1 Å². The summed E-state index contributed by atoms with van der Waals surface area (Å²) in [6, 6.07) is 5.20. The SMILES string of the molecule is Nc1cc(Oc2ccc(Oc3cc(N)c(C(F)(F)F)c(C(F)(F)F)c3)cc2)cc(C(F)(F)F)c1C(F)(F)F. The maximum absolute atomic E-state index is 13.2. The molecule has 0 amide bonds. The van der Waals surface area contributed by atoms with Crippen LogP contribution in [0.5, 0.6) is 23.0 Å². The molecule has 0 saturated heterocycles. The molecule has 3 aromatic carbocycles. The Morgan fingerprint density at radius 1 is 0.421 bits per heavy atom. The summed E-state index contributed by atoms with van der Waals surface area (Å²) in [4.78, 5) is 0. The van der Waals surface area contributed by atoms with E-state index in [1.54, 1.807) is 0 Å². The van der Waals surface area contributed by atoms with E-state index in [-0.39, 0.29) is 23.6 Å². The third kappa shape index (κ3) is 6.28. The van der Waals surface area contributed by atoms with Crippen LogP contribution in [0, 0.1) is 0 Å². The molecule has 0 bridgehead atoms. The van der Waals surface area contributed by atoms with Crippen LogP contribution in [0.2, 0.25) is 0 Å². The Kier molecular flexibility index (Phi) is 7.07. The van der Waals surface area contributed by atoms with E-state index in [2.05, 4.69) is 0 Å². The van der Waals surface area contributed by atoms with E-state index in [1.807, 2.05) is 0 Å². The van der Waals surface area contributed by atoms with Crippen LogP contribution in [0.3, 0.4) is 0 Å². The molecule has 0 atom stereocenters. The molecule has 4 N–H and O–H groups in total. The van der Waals surface area contributed by atoms with Crippen molar-refractivity contribution in [3.63, 3.8) is 0 Å². The number of ether oxygens (including phenoxy) is 2. The molecule has 0 aliphatic rings. The van der Waals surface area contributed by atoms with Gasteiger partial charge in [0.25, 0.3) is 0 Å². The van der Waals surface area contributed by atoms with Gasteiger partial charge < -0.3 is 20.9 Å². The Balaban J connectivity index is 1.90. The number of alkyl halides is 12. The van der Waals surface area contributed by atoms with Crippen LogP contribution < -0.4 is 20.9 Å². The summed E-state index contributed by atoms with van der Waals surface area (Å²) in [7, 11) is 0. The number of anilines is 2. The molecule has 0 aliphatic carbocycles. The molecule has 38 heavy (non-hydrogen) atoms. The van der Waals surface area contributed by atoms with Crippen molar-refractivity contribution < 1.29 is 62.2 Å². The minimum absolute atomic E-state index is 0.0766. The maximum atomic E-state index is 13.2. The van der Waals surface area contributed by atoms with Gasteiger partial charge in [0.1, 0.15) is 23.0 Å². The average molecular weight is 564 g/mol. The first kappa shape index (κ1) is 28.6. The van der Waals surface area contributed by atoms with Crippen molar-refractivity contribution in [3.05, 3.63) is 70.8 Å². The molecular weight excluding hydrogens is 552 g/mol. The van der Waals surface area contributed by atoms with E-state index in [1.165, 1.54) is 0 Å². The third-order valence-corrected chi connectivity index (χ3v) is 4.76. The number of hydrogen-bond acceptors (Lipinski definition) is 4. The Morgan fingerprint density at radius 2 is 0.711 bits per heavy atom. The second-order valence-electron chi connectivity index (χ2n) is 7.54. The highest BCUT2D eigenvalue weighted by Crippen LogP contribution is 2.47. The fraction of sp³-hybridized carbons (Fsp3) is 0.182. The summed E-state index contributed by atoms with van der Waals surface area (Å²) >= 11 is 0. The zero-order valence-corrected chi connectivity index (χ0v) is 18.1. The van der Waals surface area contributed by atoms with Crippen molar-refractivity contribution in [2.45, 2.75) is 24.7 Å². The molecular formula is C22H12F12N2O2. The van der Waals surface area contributed by atoms with Gasteiger partial charge in [0.05, 0.1) is 22.3 Å². The summed E-state index contributed by atoms with van der Waals surface area (Å²) in [5.41, 5.74) is -0.559. The topological polar surface area (TPSA) is 70.5 Å². The summed E-state index contributed by atoms with van der Waals surface area (Å²) in [6.45, 7) is 0. The fourth-order valence-corrected chi connectivity index (χ4v) is 3.32. The summed E-state index contributed by atoms with van der Waals surface area (Å²) < 4.78 is 168. The smallest absolute Gasteiger partial charge is 0.418 e. The van der Waals surface area contributed by atoms with E-state index in [4.69, 9.17) is 20.9 Å². The second kappa shape index (κ2) is 9.40. The van der Waals surface area contributed by atoms with Gasteiger partial charge in [0, 0.05) is 23.5 Å². The average Bonchev–Trinajstić information content (AvgIpc) is 2.71. The number of nitrogens with two attached hydrogens (primary N) is 2. The van der Waals surface area contributed by atoms with Crippen molar-refractivity contribution in [2.75, 3.05) is 11.5 Å². The molecule has 0 saturated carbocycles. The van der Waals surface area contributed by atoms with Crippen LogP contribution >= 0.6 is 0 Å². The lowest BCUT2D eigenvalue weighted by Gasteiger charge is -2.19. The number of hydrogen-bond donors (Lipinski definition) is 2. The van der Waals surface area contributed by atoms with E-state index < -0.39 is 69.8 Å². The zero-order valence-electron chi connectivity index (χ0n) is 18.1. The van der Waals surface area contributed by atoms with Crippen LogP contribution in [-0.4, -0.2) is 0 Å². The van der Waals surface area contributed by atoms with E-state index in [0.717, 1.165) is 24.3 Å². The standard InChI is InChI=1S/C22H12F12N2O2/c23-19(24,25)13-5-11(7-15(35)17(13)21(29,30)31)37-9-1-2-10(4-3-9)38-12-6-14(20(26,27)28)18(16(36)8-12)22(32,33)34/h1-8H,35-36H2. The van der Waals surface area contributed by atoms with Crippen LogP contribution in [0.1, 0.15) is 22.3 Å². The van der Waals surface area contributed by atoms with Gasteiger partial charge in [-0.05, 0) is 36.4 Å². The largest absolute Gasteiger partial charge is 0.457 e. The molecule has 0 fully saturated rings. The fourth-order valence-electron chi connectivity index (χ4n) is 3.32. The van der Waals surface area contributed by atoms with Crippen molar-refractivity contribution >= 4 is 11.4 Å². The van der Waals surface area contributed by atoms with Gasteiger partial charge in [0.2, 0.25) is 0 Å². The van der Waals surface area contributed by atoms with Gasteiger partial charge in [-0.25, -0.2) is 0 Å². The van der Waals surface area contributed by atoms with E-state index >= 15 is 0 Å². The highest BCUT2D eigenvalue weighted by atomic mass is 19.4. The predicted octanol–water partition coefficient (Wildman–Crippen LogP) is 8.51. The molecule has 0 heterocycles. The minimum Gasteiger partial charge on any atom is -0.457 e. The first-order valence-electron chi connectivity index (χ1n) is 9.79. The normalized spacial score (nSPS) is 12.9. The molecule has 0 spiro atoms. The highest BCUT2D eigenvalue weighted by Gasteiger charge is 2.46. The number of halogens is 12. The van der Waals surface area contributed by atoms with E-state index in [9.17, 15) is 52.7 Å². The maximum Gasteiger partial charge on any atom is 0.418 e. The molecule has 0 aromatic heterocycles. The molecule has 0 unspecified atom stereocenters. The Bertz CT molecular complexity index is 1220. The number of benzene rings is 3. The van der Waals surface area contributed by atoms with Crippen LogP contribution in [0.15, 0.2) is 48.5 Å². The van der Waals surface area contributed by atoms with Gasteiger partial charge >= 0.3 is 24.7 Å². The second-order valence-corrected chi connectivity index (χ2v) is 7.54. The minimum atomic E-state index is -5.44. The van der Waals surface area contributed by atoms with Gasteiger partial charge in [0.15, 0.2) is 0 Å². The quantitative estimate of drug-likeness (QED) is 0.246. The summed E-state index contributed by atoms with van der Waals surface area (Å²) in [5, 5.41) is 0. The van der Waals surface area contributed by atoms with Crippen molar-refractivity contribution in [2.24, 2.45) is 0 Å². The molecule has 16 heteroatoms. The van der Waals surface area contributed by atoms with Gasteiger partial charge in [-0.1, -0.05) is 0 Å². The Hall–Kier alpha value is -3.98. The monoisotopic (exact) mass is 564 g/mol. The Labute approximate surface area is 204 Å². The van der Waals surface area contributed by atoms with Crippen LogP contribution in [-0.2, 0) is 24.7 Å². The molecule has 0 radical (unpaired) electrons. The summed E-state index contributed by atoms with van der Waals surface area (Å²) in [6.07, 6.45) is -21.7. The third-order valence-electron chi connectivity index (χ3n) is 4.76. The Morgan fingerprint density at radius 3 is 0.947 bits per heavy atom. The zero-order chi connectivity index (χ0) is 28.8. The van der Waals surface area contributed by atoms with Crippen LogP contribution in [0.4, 0.5) is 64.1 Å². The predicted molar refractivity (Wildman–Crippen MR) is 108 cm³/mol. The molecule has 3 rings (SSSR count). The van der Waals surface area contributed by atoms with Gasteiger partial charge in [-0.2, -0.15) is 52.7 Å². The molecule has 0 aliphatic heterocycles.